The van der Waals surface area contributed by atoms with E-state index in [0.29, 0.717) is 13.0 Å². The van der Waals surface area contributed by atoms with Gasteiger partial charge in [0.05, 0.1) is 18.8 Å². The second kappa shape index (κ2) is 6.01. The second-order valence-corrected chi connectivity index (χ2v) is 5.02. The molecule has 0 spiro atoms. The first-order valence-corrected chi connectivity index (χ1v) is 6.62. The Bertz CT molecular complexity index is 391. The van der Waals surface area contributed by atoms with Crippen LogP contribution in [0.4, 0.5) is 0 Å². The monoisotopic (exact) mass is 247 g/mol. The zero-order chi connectivity index (χ0) is 13.0. The summed E-state index contributed by atoms with van der Waals surface area (Å²) < 4.78 is 5.54. The first-order valence-electron chi connectivity index (χ1n) is 6.62. The van der Waals surface area contributed by atoms with E-state index in [1.165, 1.54) is 5.56 Å². The summed E-state index contributed by atoms with van der Waals surface area (Å²) in [5, 5.41) is 0. The molecule has 2 unspecified atom stereocenters. The van der Waals surface area contributed by atoms with E-state index in [1.807, 2.05) is 36.9 Å². The number of nitrogens with zero attached hydrogens (tertiary/aromatic N) is 1. The molecule has 1 heterocycles. The molecule has 3 nitrogen and oxygen atoms in total. The minimum Gasteiger partial charge on any atom is -0.375 e. The molecular weight excluding hydrogens is 226 g/mol. The Balaban J connectivity index is 1.87. The van der Waals surface area contributed by atoms with Gasteiger partial charge in [0, 0.05) is 13.0 Å². The molecule has 0 N–H and O–H groups in total. The number of hydrogen-bond donors (Lipinski definition) is 0. The number of amides is 1. The van der Waals surface area contributed by atoms with E-state index in [-0.39, 0.29) is 18.1 Å². The summed E-state index contributed by atoms with van der Waals surface area (Å²) in [6.45, 7) is 5.43. The van der Waals surface area contributed by atoms with Crippen LogP contribution in [0.3, 0.4) is 0 Å². The van der Waals surface area contributed by atoms with Crippen molar-refractivity contribution in [1.29, 1.82) is 0 Å². The first-order chi connectivity index (χ1) is 8.66. The van der Waals surface area contributed by atoms with Gasteiger partial charge in [0.1, 0.15) is 0 Å². The number of carbonyl (C=O) groups is 1. The number of rotatable bonds is 3. The number of aryl methyl sites for hydroxylation is 1. The summed E-state index contributed by atoms with van der Waals surface area (Å²) in [4.78, 5) is 14.2. The van der Waals surface area contributed by atoms with Crippen LogP contribution in [0.25, 0.3) is 0 Å². The molecule has 2 atom stereocenters. The zero-order valence-electron chi connectivity index (χ0n) is 11.1. The molecule has 0 radical (unpaired) electrons. The fourth-order valence-corrected chi connectivity index (χ4v) is 2.29. The highest BCUT2D eigenvalue weighted by atomic mass is 16.5. The van der Waals surface area contributed by atoms with Crippen LogP contribution in [0.2, 0.25) is 0 Å². The molecule has 3 heteroatoms. The first kappa shape index (κ1) is 13.1. The average Bonchev–Trinajstić information content (AvgIpc) is 2.40. The third-order valence-corrected chi connectivity index (χ3v) is 3.40. The lowest BCUT2D eigenvalue weighted by Crippen LogP contribution is -2.50. The highest BCUT2D eigenvalue weighted by molar-refractivity contribution is 5.77. The van der Waals surface area contributed by atoms with Gasteiger partial charge >= 0.3 is 0 Å². The lowest BCUT2D eigenvalue weighted by molar-refractivity contribution is -0.143. The van der Waals surface area contributed by atoms with Crippen LogP contribution < -0.4 is 0 Å². The van der Waals surface area contributed by atoms with Crippen LogP contribution in [-0.4, -0.2) is 36.1 Å². The standard InChI is InChI=1S/C15H21NO2/c1-12-11-18-13(2)10-16(12)15(17)9-8-14-6-4-3-5-7-14/h3-7,12-13H,8-11H2,1-2H3. The van der Waals surface area contributed by atoms with Gasteiger partial charge in [-0.25, -0.2) is 0 Å². The molecule has 98 valence electrons. The molecule has 1 aliphatic heterocycles. The van der Waals surface area contributed by atoms with Gasteiger partial charge in [-0.15, -0.1) is 0 Å². The molecule has 1 fully saturated rings. The molecule has 0 aromatic heterocycles. The minimum absolute atomic E-state index is 0.155. The van der Waals surface area contributed by atoms with Gasteiger partial charge in [0.15, 0.2) is 0 Å². The fraction of sp³-hybridized carbons (Fsp3) is 0.533. The molecule has 1 aromatic rings. The van der Waals surface area contributed by atoms with Crippen LogP contribution in [0.15, 0.2) is 30.3 Å². The van der Waals surface area contributed by atoms with E-state index in [1.54, 1.807) is 0 Å². The van der Waals surface area contributed by atoms with E-state index in [0.717, 1.165) is 13.0 Å². The van der Waals surface area contributed by atoms with Gasteiger partial charge in [-0.2, -0.15) is 0 Å². The highest BCUT2D eigenvalue weighted by Gasteiger charge is 2.26. The van der Waals surface area contributed by atoms with Crippen molar-refractivity contribution in [2.75, 3.05) is 13.2 Å². The van der Waals surface area contributed by atoms with Crippen molar-refractivity contribution in [2.24, 2.45) is 0 Å². The predicted molar refractivity (Wildman–Crippen MR) is 71.4 cm³/mol. The van der Waals surface area contributed by atoms with E-state index < -0.39 is 0 Å². The van der Waals surface area contributed by atoms with Gasteiger partial charge in [0.2, 0.25) is 5.91 Å². The maximum absolute atomic E-state index is 12.2. The molecule has 0 aliphatic carbocycles. The fourth-order valence-electron chi connectivity index (χ4n) is 2.29. The third-order valence-electron chi connectivity index (χ3n) is 3.40. The Kier molecular flexibility index (Phi) is 4.37. The summed E-state index contributed by atoms with van der Waals surface area (Å²) in [5.41, 5.74) is 1.22. The topological polar surface area (TPSA) is 29.5 Å². The van der Waals surface area contributed by atoms with Crippen LogP contribution in [0, 0.1) is 0 Å². The predicted octanol–water partition coefficient (Wildman–Crippen LogP) is 2.25. The van der Waals surface area contributed by atoms with Crippen molar-refractivity contribution in [3.05, 3.63) is 35.9 Å². The van der Waals surface area contributed by atoms with Crippen LogP contribution in [0.1, 0.15) is 25.8 Å². The number of benzene rings is 1. The maximum atomic E-state index is 12.2. The molecule has 0 bridgehead atoms. The van der Waals surface area contributed by atoms with Crippen LogP contribution >= 0.6 is 0 Å². The Morgan fingerprint density at radius 3 is 2.78 bits per heavy atom. The van der Waals surface area contributed by atoms with Crippen molar-refractivity contribution in [1.82, 2.24) is 4.90 Å². The van der Waals surface area contributed by atoms with Gasteiger partial charge in [-0.1, -0.05) is 30.3 Å². The smallest absolute Gasteiger partial charge is 0.223 e. The van der Waals surface area contributed by atoms with Crippen molar-refractivity contribution < 1.29 is 9.53 Å². The normalized spacial score (nSPS) is 24.0. The summed E-state index contributed by atoms with van der Waals surface area (Å²) >= 11 is 0. The Labute approximate surface area is 109 Å². The molecule has 1 saturated heterocycles. The van der Waals surface area contributed by atoms with Crippen molar-refractivity contribution in [3.8, 4) is 0 Å². The largest absolute Gasteiger partial charge is 0.375 e. The summed E-state index contributed by atoms with van der Waals surface area (Å²) in [5.74, 6) is 0.238. The lowest BCUT2D eigenvalue weighted by Gasteiger charge is -2.36. The number of morpholine rings is 1. The van der Waals surface area contributed by atoms with E-state index in [9.17, 15) is 4.79 Å². The van der Waals surface area contributed by atoms with Gasteiger partial charge in [-0.05, 0) is 25.8 Å². The number of carbonyl (C=O) groups excluding carboxylic acids is 1. The van der Waals surface area contributed by atoms with E-state index in [2.05, 4.69) is 12.1 Å². The number of hydrogen-bond acceptors (Lipinski definition) is 2. The lowest BCUT2D eigenvalue weighted by atomic mass is 10.1. The third kappa shape index (κ3) is 3.33. The van der Waals surface area contributed by atoms with Crippen LogP contribution in [0.5, 0.6) is 0 Å². The number of ether oxygens (including phenoxy) is 1. The average molecular weight is 247 g/mol. The molecular formula is C15H21NO2. The molecule has 0 saturated carbocycles. The summed E-state index contributed by atoms with van der Waals surface area (Å²) in [6.07, 6.45) is 1.56. The van der Waals surface area contributed by atoms with Crippen LogP contribution in [-0.2, 0) is 16.0 Å². The molecule has 1 aliphatic rings. The summed E-state index contributed by atoms with van der Waals surface area (Å²) in [7, 11) is 0. The summed E-state index contributed by atoms with van der Waals surface area (Å²) in [6, 6.07) is 10.4. The van der Waals surface area contributed by atoms with E-state index >= 15 is 0 Å². The quantitative estimate of drug-likeness (QED) is 0.820. The Hall–Kier alpha value is -1.35. The minimum atomic E-state index is 0.155. The van der Waals surface area contributed by atoms with Gasteiger partial charge in [-0.3, -0.25) is 4.79 Å². The maximum Gasteiger partial charge on any atom is 0.223 e. The highest BCUT2D eigenvalue weighted by Crippen LogP contribution is 2.14. The molecule has 2 rings (SSSR count). The molecule has 18 heavy (non-hydrogen) atoms. The Morgan fingerprint density at radius 1 is 1.33 bits per heavy atom. The molecule has 1 aromatic carbocycles. The van der Waals surface area contributed by atoms with Gasteiger partial charge in [0.25, 0.3) is 0 Å². The zero-order valence-corrected chi connectivity index (χ0v) is 11.1. The van der Waals surface area contributed by atoms with Crippen molar-refractivity contribution in [2.45, 2.75) is 38.8 Å². The SMILES string of the molecule is CC1CN(C(=O)CCc2ccccc2)C(C)CO1. The van der Waals surface area contributed by atoms with E-state index in [4.69, 9.17) is 4.74 Å². The Morgan fingerprint density at radius 2 is 2.06 bits per heavy atom. The van der Waals surface area contributed by atoms with Gasteiger partial charge < -0.3 is 9.64 Å². The molecule has 1 amide bonds. The van der Waals surface area contributed by atoms with Crippen molar-refractivity contribution in [3.63, 3.8) is 0 Å². The van der Waals surface area contributed by atoms with Crippen molar-refractivity contribution >= 4 is 5.91 Å². The second-order valence-electron chi connectivity index (χ2n) is 5.02.